The number of nitrogens with one attached hydrogen (secondary N) is 2. The lowest BCUT2D eigenvalue weighted by atomic mass is 10.2. The molecule has 0 spiro atoms. The molecule has 1 heterocycles. The lowest BCUT2D eigenvalue weighted by Gasteiger charge is -2.10. The number of halogens is 1. The molecule has 0 amide bonds. The second-order valence-corrected chi connectivity index (χ2v) is 6.32. The molecule has 2 N–H and O–H groups in total. The third-order valence-corrected chi connectivity index (χ3v) is 4.28. The summed E-state index contributed by atoms with van der Waals surface area (Å²) in [6, 6.07) is 6.84. The molecule has 0 bridgehead atoms. The fraction of sp³-hybridized carbons (Fsp3) is 0.444. The van der Waals surface area contributed by atoms with E-state index in [-0.39, 0.29) is 5.82 Å². The van der Waals surface area contributed by atoms with Gasteiger partial charge in [-0.25, -0.2) is 14.1 Å². The Morgan fingerprint density at radius 1 is 1.38 bits per heavy atom. The number of hydrogen-bond donors (Lipinski definition) is 2. The Labute approximate surface area is 142 Å². The first-order valence-corrected chi connectivity index (χ1v) is 8.42. The van der Waals surface area contributed by atoms with Crippen molar-refractivity contribution in [2.24, 2.45) is 10.9 Å². The summed E-state index contributed by atoms with van der Waals surface area (Å²) in [7, 11) is 0. The maximum absolute atomic E-state index is 13.0. The zero-order valence-electron chi connectivity index (χ0n) is 14.4. The van der Waals surface area contributed by atoms with Gasteiger partial charge in [0.25, 0.3) is 0 Å². The summed E-state index contributed by atoms with van der Waals surface area (Å²) in [4.78, 5) is 4.66. The first kappa shape index (κ1) is 16.5. The molecule has 0 radical (unpaired) electrons. The van der Waals surface area contributed by atoms with Crippen LogP contribution in [0.5, 0.6) is 0 Å². The van der Waals surface area contributed by atoms with E-state index in [1.54, 1.807) is 16.8 Å². The Balaban J connectivity index is 1.72. The zero-order chi connectivity index (χ0) is 17.1. The minimum Gasteiger partial charge on any atom is -0.357 e. The number of rotatable bonds is 5. The number of benzene rings is 1. The molecule has 1 aliphatic rings. The van der Waals surface area contributed by atoms with Crippen LogP contribution in [0.1, 0.15) is 31.5 Å². The topological polar surface area (TPSA) is 54.2 Å². The summed E-state index contributed by atoms with van der Waals surface area (Å²) in [5, 5.41) is 11.2. The molecule has 2 aromatic rings. The van der Waals surface area contributed by atoms with Crippen LogP contribution in [0.15, 0.2) is 35.5 Å². The fourth-order valence-electron chi connectivity index (χ4n) is 2.56. The molecule has 5 nitrogen and oxygen atoms in total. The van der Waals surface area contributed by atoms with Crippen molar-refractivity contribution in [3.63, 3.8) is 0 Å². The Morgan fingerprint density at radius 3 is 2.71 bits per heavy atom. The van der Waals surface area contributed by atoms with Gasteiger partial charge < -0.3 is 10.6 Å². The molecule has 24 heavy (non-hydrogen) atoms. The number of nitrogens with zero attached hydrogens (tertiary/aromatic N) is 3. The van der Waals surface area contributed by atoms with Gasteiger partial charge >= 0.3 is 0 Å². The normalized spacial score (nSPS) is 20.1. The second-order valence-electron chi connectivity index (χ2n) is 6.32. The molecule has 0 saturated heterocycles. The van der Waals surface area contributed by atoms with E-state index < -0.39 is 0 Å². The quantitative estimate of drug-likeness (QED) is 0.655. The fourth-order valence-corrected chi connectivity index (χ4v) is 2.56. The molecule has 2 atom stereocenters. The van der Waals surface area contributed by atoms with Crippen LogP contribution in [0.25, 0.3) is 5.69 Å². The van der Waals surface area contributed by atoms with Crippen molar-refractivity contribution in [1.82, 2.24) is 20.4 Å². The maximum atomic E-state index is 13.0. The van der Waals surface area contributed by atoms with Gasteiger partial charge in [-0.1, -0.05) is 6.92 Å². The molecule has 1 fully saturated rings. The Hall–Kier alpha value is -2.37. The van der Waals surface area contributed by atoms with Crippen LogP contribution in [-0.4, -0.2) is 28.3 Å². The smallest absolute Gasteiger partial charge is 0.191 e. The highest BCUT2D eigenvalue weighted by atomic mass is 19.1. The third kappa shape index (κ3) is 3.93. The van der Waals surface area contributed by atoms with E-state index in [4.69, 9.17) is 0 Å². The van der Waals surface area contributed by atoms with Crippen LogP contribution >= 0.6 is 0 Å². The number of guanidine groups is 1. The summed E-state index contributed by atoms with van der Waals surface area (Å²) in [5.74, 6) is 1.32. The Kier molecular flexibility index (Phi) is 4.83. The number of aromatic nitrogens is 2. The SMILES string of the molecule is CCNC(=NCc1cn(-c2ccc(F)cc2)nc1C)NC1CC1C. The minimum atomic E-state index is -0.247. The molecule has 0 aliphatic heterocycles. The Bertz CT molecular complexity index is 720. The highest BCUT2D eigenvalue weighted by molar-refractivity contribution is 5.80. The summed E-state index contributed by atoms with van der Waals surface area (Å²) in [6.07, 6.45) is 3.15. The largest absolute Gasteiger partial charge is 0.357 e. The van der Waals surface area contributed by atoms with Crippen molar-refractivity contribution in [3.8, 4) is 5.69 Å². The lowest BCUT2D eigenvalue weighted by Crippen LogP contribution is -2.39. The van der Waals surface area contributed by atoms with Gasteiger partial charge in [-0.2, -0.15) is 5.10 Å². The van der Waals surface area contributed by atoms with Gasteiger partial charge in [0.2, 0.25) is 0 Å². The van der Waals surface area contributed by atoms with Gasteiger partial charge in [0.1, 0.15) is 5.82 Å². The van der Waals surface area contributed by atoms with Crippen LogP contribution in [0.4, 0.5) is 4.39 Å². The molecule has 2 unspecified atom stereocenters. The lowest BCUT2D eigenvalue weighted by molar-refractivity contribution is 0.627. The second kappa shape index (κ2) is 7.03. The predicted octanol–water partition coefficient (Wildman–Crippen LogP) is 2.78. The summed E-state index contributed by atoms with van der Waals surface area (Å²) >= 11 is 0. The van der Waals surface area contributed by atoms with Crippen LogP contribution in [0.2, 0.25) is 0 Å². The van der Waals surface area contributed by atoms with Gasteiger partial charge in [0.15, 0.2) is 5.96 Å². The summed E-state index contributed by atoms with van der Waals surface area (Å²) in [6.45, 7) is 7.65. The van der Waals surface area contributed by atoms with Crippen molar-refractivity contribution in [2.45, 2.75) is 39.8 Å². The summed E-state index contributed by atoms with van der Waals surface area (Å²) in [5.41, 5.74) is 2.82. The molecule has 1 aromatic carbocycles. The number of aryl methyl sites for hydroxylation is 1. The maximum Gasteiger partial charge on any atom is 0.191 e. The average molecular weight is 329 g/mol. The number of hydrogen-bond acceptors (Lipinski definition) is 2. The molecule has 1 saturated carbocycles. The van der Waals surface area contributed by atoms with E-state index >= 15 is 0 Å². The molecular formula is C18H24FN5. The van der Waals surface area contributed by atoms with Gasteiger partial charge in [0, 0.05) is 24.3 Å². The van der Waals surface area contributed by atoms with Crippen molar-refractivity contribution in [1.29, 1.82) is 0 Å². The van der Waals surface area contributed by atoms with E-state index in [9.17, 15) is 4.39 Å². The standard InChI is InChI=1S/C18H24FN5/c1-4-20-18(22-17-9-12(17)2)21-10-14-11-24(23-13(14)3)16-7-5-15(19)6-8-16/h5-8,11-12,17H,4,9-10H2,1-3H3,(H2,20,21,22). The van der Waals surface area contributed by atoms with Crippen molar-refractivity contribution in [3.05, 3.63) is 47.5 Å². The average Bonchev–Trinajstić information content (AvgIpc) is 3.12. The molecule has 1 aromatic heterocycles. The van der Waals surface area contributed by atoms with Crippen molar-refractivity contribution in [2.75, 3.05) is 6.54 Å². The van der Waals surface area contributed by atoms with Gasteiger partial charge in [-0.15, -0.1) is 0 Å². The van der Waals surface area contributed by atoms with Gasteiger partial charge in [-0.05, 0) is 50.5 Å². The third-order valence-electron chi connectivity index (χ3n) is 4.28. The minimum absolute atomic E-state index is 0.247. The summed E-state index contributed by atoms with van der Waals surface area (Å²) < 4.78 is 14.8. The molecular weight excluding hydrogens is 305 g/mol. The van der Waals surface area contributed by atoms with E-state index in [0.717, 1.165) is 35.4 Å². The van der Waals surface area contributed by atoms with E-state index in [2.05, 4.69) is 34.6 Å². The van der Waals surface area contributed by atoms with Crippen LogP contribution < -0.4 is 10.6 Å². The number of aliphatic imine (C=N–C) groups is 1. The van der Waals surface area contributed by atoms with Crippen LogP contribution in [0, 0.1) is 18.7 Å². The van der Waals surface area contributed by atoms with E-state index in [0.29, 0.717) is 12.6 Å². The van der Waals surface area contributed by atoms with Gasteiger partial charge in [-0.3, -0.25) is 0 Å². The van der Waals surface area contributed by atoms with Crippen molar-refractivity contribution >= 4 is 5.96 Å². The monoisotopic (exact) mass is 329 g/mol. The first-order chi connectivity index (χ1) is 11.6. The highest BCUT2D eigenvalue weighted by Crippen LogP contribution is 2.28. The Morgan fingerprint density at radius 2 is 2.08 bits per heavy atom. The molecule has 6 heteroatoms. The van der Waals surface area contributed by atoms with Crippen LogP contribution in [-0.2, 0) is 6.54 Å². The molecule has 128 valence electrons. The van der Waals surface area contributed by atoms with Gasteiger partial charge in [0.05, 0.1) is 17.9 Å². The molecule has 1 aliphatic carbocycles. The van der Waals surface area contributed by atoms with Crippen molar-refractivity contribution < 1.29 is 4.39 Å². The highest BCUT2D eigenvalue weighted by Gasteiger charge is 2.33. The van der Waals surface area contributed by atoms with E-state index in [1.807, 2.05) is 13.1 Å². The van der Waals surface area contributed by atoms with Crippen LogP contribution in [0.3, 0.4) is 0 Å². The first-order valence-electron chi connectivity index (χ1n) is 8.42. The zero-order valence-corrected chi connectivity index (χ0v) is 14.4. The molecule has 3 rings (SSSR count). The predicted molar refractivity (Wildman–Crippen MR) is 93.8 cm³/mol. The van der Waals surface area contributed by atoms with E-state index in [1.165, 1.54) is 18.6 Å².